The van der Waals surface area contributed by atoms with Gasteiger partial charge in [0.05, 0.1) is 5.56 Å². The molecule has 0 unspecified atom stereocenters. The number of hydrogen-bond acceptors (Lipinski definition) is 1. The number of halogens is 2. The van der Waals surface area contributed by atoms with Crippen molar-refractivity contribution in [2.24, 2.45) is 0 Å². The molecule has 90 valence electrons. The van der Waals surface area contributed by atoms with Crippen molar-refractivity contribution < 1.29 is 4.79 Å². The Morgan fingerprint density at radius 1 is 1.47 bits per heavy atom. The van der Waals surface area contributed by atoms with Crippen LogP contribution in [-0.2, 0) is 0 Å². The van der Waals surface area contributed by atoms with Crippen molar-refractivity contribution in [3.05, 3.63) is 45.4 Å². The van der Waals surface area contributed by atoms with Crippen LogP contribution in [0.1, 0.15) is 23.2 Å². The van der Waals surface area contributed by atoms with Crippen LogP contribution in [0.5, 0.6) is 0 Å². The van der Waals surface area contributed by atoms with Crippen molar-refractivity contribution in [1.82, 2.24) is 4.90 Å². The van der Waals surface area contributed by atoms with Crippen LogP contribution in [0.25, 0.3) is 0 Å². The molecule has 1 aromatic carbocycles. The van der Waals surface area contributed by atoms with Gasteiger partial charge in [-0.25, -0.2) is 0 Å². The van der Waals surface area contributed by atoms with E-state index in [0.717, 1.165) is 21.8 Å². The van der Waals surface area contributed by atoms with Gasteiger partial charge in [0.1, 0.15) is 0 Å². The fourth-order valence-corrected chi connectivity index (χ4v) is 2.52. The molecule has 0 aliphatic heterocycles. The zero-order valence-electron chi connectivity index (χ0n) is 9.33. The lowest BCUT2D eigenvalue weighted by Gasteiger charge is -2.21. The molecule has 4 heteroatoms. The third-order valence-electron chi connectivity index (χ3n) is 2.73. The molecule has 1 aliphatic carbocycles. The van der Waals surface area contributed by atoms with E-state index in [-0.39, 0.29) is 5.91 Å². The number of benzene rings is 1. The Balaban J connectivity index is 2.27. The Kier molecular flexibility index (Phi) is 4.05. The molecule has 0 atom stereocenters. The quantitative estimate of drug-likeness (QED) is 0.745. The minimum Gasteiger partial charge on any atom is -0.332 e. The molecule has 2 rings (SSSR count). The van der Waals surface area contributed by atoms with Crippen LogP contribution in [0, 0.1) is 0 Å². The SMILES string of the molecule is C=CCN(C(=O)c1cc(Br)ccc1Br)C1CC1. The molecule has 1 fully saturated rings. The highest BCUT2D eigenvalue weighted by atomic mass is 79.9. The molecule has 0 aromatic heterocycles. The Morgan fingerprint density at radius 3 is 2.76 bits per heavy atom. The van der Waals surface area contributed by atoms with Crippen molar-refractivity contribution in [3.63, 3.8) is 0 Å². The van der Waals surface area contributed by atoms with Crippen molar-refractivity contribution in [2.45, 2.75) is 18.9 Å². The Hall–Kier alpha value is -0.610. The smallest absolute Gasteiger partial charge is 0.255 e. The van der Waals surface area contributed by atoms with Gasteiger partial charge in [0.15, 0.2) is 0 Å². The number of hydrogen-bond donors (Lipinski definition) is 0. The molecule has 1 aromatic rings. The van der Waals surface area contributed by atoms with Gasteiger partial charge in [-0.15, -0.1) is 6.58 Å². The molecule has 17 heavy (non-hydrogen) atoms. The maximum Gasteiger partial charge on any atom is 0.255 e. The van der Waals surface area contributed by atoms with Crippen LogP contribution >= 0.6 is 31.9 Å². The van der Waals surface area contributed by atoms with Crippen molar-refractivity contribution >= 4 is 37.8 Å². The van der Waals surface area contributed by atoms with Crippen LogP contribution in [0.2, 0.25) is 0 Å². The lowest BCUT2D eigenvalue weighted by atomic mass is 10.2. The second kappa shape index (κ2) is 5.36. The average Bonchev–Trinajstić information content (AvgIpc) is 3.12. The number of carbonyl (C=O) groups is 1. The van der Waals surface area contributed by atoms with Crippen molar-refractivity contribution in [3.8, 4) is 0 Å². The maximum atomic E-state index is 12.4. The normalized spacial score (nSPS) is 14.5. The van der Waals surface area contributed by atoms with Gasteiger partial charge in [0.25, 0.3) is 5.91 Å². The van der Waals surface area contributed by atoms with Gasteiger partial charge in [-0.1, -0.05) is 22.0 Å². The van der Waals surface area contributed by atoms with E-state index in [1.54, 1.807) is 6.08 Å². The summed E-state index contributed by atoms with van der Waals surface area (Å²) < 4.78 is 1.75. The molecule has 1 saturated carbocycles. The van der Waals surface area contributed by atoms with E-state index in [1.807, 2.05) is 23.1 Å². The summed E-state index contributed by atoms with van der Waals surface area (Å²) in [5, 5.41) is 0. The molecule has 1 aliphatic rings. The first-order valence-electron chi connectivity index (χ1n) is 5.50. The molecular formula is C13H13Br2NO. The second-order valence-electron chi connectivity index (χ2n) is 4.10. The third-order valence-corrected chi connectivity index (χ3v) is 3.92. The van der Waals surface area contributed by atoms with Crippen LogP contribution in [0.15, 0.2) is 39.8 Å². The standard InChI is InChI=1S/C13H13Br2NO/c1-2-7-16(10-4-5-10)13(17)11-8-9(14)3-6-12(11)15/h2-3,6,8,10H,1,4-5,7H2. The van der Waals surface area contributed by atoms with E-state index in [2.05, 4.69) is 38.4 Å². The van der Waals surface area contributed by atoms with Gasteiger partial charge in [0, 0.05) is 21.5 Å². The van der Waals surface area contributed by atoms with Crippen LogP contribution in [0.4, 0.5) is 0 Å². The lowest BCUT2D eigenvalue weighted by Crippen LogP contribution is -2.33. The summed E-state index contributed by atoms with van der Waals surface area (Å²) >= 11 is 6.82. The van der Waals surface area contributed by atoms with Crippen LogP contribution < -0.4 is 0 Å². The summed E-state index contributed by atoms with van der Waals surface area (Å²) in [5.41, 5.74) is 0.702. The molecule has 1 amide bonds. The Labute approximate surface area is 118 Å². The Bertz CT molecular complexity index is 455. The highest BCUT2D eigenvalue weighted by Gasteiger charge is 2.32. The number of nitrogens with zero attached hydrogens (tertiary/aromatic N) is 1. The highest BCUT2D eigenvalue weighted by molar-refractivity contribution is 9.11. The molecule has 0 radical (unpaired) electrons. The summed E-state index contributed by atoms with van der Waals surface area (Å²) in [6.07, 6.45) is 3.98. The first kappa shape index (κ1) is 12.8. The van der Waals surface area contributed by atoms with Gasteiger partial charge in [-0.05, 0) is 47.0 Å². The van der Waals surface area contributed by atoms with E-state index >= 15 is 0 Å². The minimum absolute atomic E-state index is 0.0700. The van der Waals surface area contributed by atoms with E-state index in [0.29, 0.717) is 18.2 Å². The lowest BCUT2D eigenvalue weighted by molar-refractivity contribution is 0.0761. The fourth-order valence-electron chi connectivity index (χ4n) is 1.74. The summed E-state index contributed by atoms with van der Waals surface area (Å²) in [6.45, 7) is 4.33. The summed E-state index contributed by atoms with van der Waals surface area (Å²) in [4.78, 5) is 14.3. The monoisotopic (exact) mass is 357 g/mol. The fraction of sp³-hybridized carbons (Fsp3) is 0.308. The van der Waals surface area contributed by atoms with Crippen molar-refractivity contribution in [2.75, 3.05) is 6.54 Å². The molecule has 0 bridgehead atoms. The van der Waals surface area contributed by atoms with Gasteiger partial charge < -0.3 is 4.90 Å². The number of amides is 1. The summed E-state index contributed by atoms with van der Waals surface area (Å²) in [6, 6.07) is 6.04. The van der Waals surface area contributed by atoms with Crippen molar-refractivity contribution in [1.29, 1.82) is 0 Å². The van der Waals surface area contributed by atoms with Crippen LogP contribution in [-0.4, -0.2) is 23.4 Å². The first-order chi connectivity index (χ1) is 8.13. The Morgan fingerprint density at radius 2 is 2.18 bits per heavy atom. The number of carbonyl (C=O) groups excluding carboxylic acids is 1. The zero-order chi connectivity index (χ0) is 12.4. The predicted octanol–water partition coefficient (Wildman–Crippen LogP) is 4.00. The molecule has 0 N–H and O–H groups in total. The first-order valence-corrected chi connectivity index (χ1v) is 7.09. The molecule has 0 spiro atoms. The van der Waals surface area contributed by atoms with Crippen LogP contribution in [0.3, 0.4) is 0 Å². The zero-order valence-corrected chi connectivity index (χ0v) is 12.5. The topological polar surface area (TPSA) is 20.3 Å². The summed E-state index contributed by atoms with van der Waals surface area (Å²) in [7, 11) is 0. The molecule has 2 nitrogen and oxygen atoms in total. The molecular weight excluding hydrogens is 346 g/mol. The third kappa shape index (κ3) is 2.99. The van der Waals surface area contributed by atoms with E-state index in [4.69, 9.17) is 0 Å². The van der Waals surface area contributed by atoms with Gasteiger partial charge in [-0.2, -0.15) is 0 Å². The van der Waals surface area contributed by atoms with Gasteiger partial charge in [0.2, 0.25) is 0 Å². The summed E-state index contributed by atoms with van der Waals surface area (Å²) in [5.74, 6) is 0.0700. The second-order valence-corrected chi connectivity index (χ2v) is 5.87. The largest absolute Gasteiger partial charge is 0.332 e. The minimum atomic E-state index is 0.0700. The van der Waals surface area contributed by atoms with E-state index in [1.165, 1.54) is 0 Å². The maximum absolute atomic E-state index is 12.4. The number of rotatable bonds is 4. The van der Waals surface area contributed by atoms with Gasteiger partial charge >= 0.3 is 0 Å². The predicted molar refractivity (Wildman–Crippen MR) is 76.1 cm³/mol. The highest BCUT2D eigenvalue weighted by Crippen LogP contribution is 2.30. The molecule has 0 heterocycles. The molecule has 0 saturated heterocycles. The van der Waals surface area contributed by atoms with E-state index in [9.17, 15) is 4.79 Å². The average molecular weight is 359 g/mol. The van der Waals surface area contributed by atoms with Gasteiger partial charge in [-0.3, -0.25) is 4.79 Å². The van der Waals surface area contributed by atoms with E-state index < -0.39 is 0 Å².